The molecule has 108 valence electrons. The summed E-state index contributed by atoms with van der Waals surface area (Å²) in [5, 5.41) is 0.738. The van der Waals surface area contributed by atoms with Crippen molar-refractivity contribution in [1.29, 1.82) is 0 Å². The van der Waals surface area contributed by atoms with Gasteiger partial charge >= 0.3 is 0 Å². The minimum atomic E-state index is -3.04. The predicted molar refractivity (Wildman–Crippen MR) is 73.1 cm³/mol. The van der Waals surface area contributed by atoms with Gasteiger partial charge in [0.15, 0.2) is 0 Å². The highest BCUT2D eigenvalue weighted by molar-refractivity contribution is 7.88. The molecule has 0 saturated carbocycles. The third-order valence-electron chi connectivity index (χ3n) is 3.10. The summed E-state index contributed by atoms with van der Waals surface area (Å²) < 4.78 is 24.3. The Balaban J connectivity index is 0.00000180. The molecule has 4 nitrogen and oxygen atoms in total. The minimum Gasteiger partial charge on any atom is -1.00 e. The van der Waals surface area contributed by atoms with Crippen molar-refractivity contribution >= 4 is 21.6 Å². The maximum atomic E-state index is 11.4. The summed E-state index contributed by atoms with van der Waals surface area (Å²) in [6.07, 6.45) is 1.26. The maximum absolute atomic E-state index is 11.4. The lowest BCUT2D eigenvalue weighted by Gasteiger charge is -2.33. The Labute approximate surface area is 125 Å². The molecular formula is C12H17Cl2N2O2S-. The van der Waals surface area contributed by atoms with Crippen LogP contribution in [0.4, 0.5) is 0 Å². The van der Waals surface area contributed by atoms with Gasteiger partial charge in [0.2, 0.25) is 10.0 Å². The Kier molecular flexibility index (Phi) is 6.08. The fourth-order valence-electron chi connectivity index (χ4n) is 2.11. The second kappa shape index (κ2) is 6.90. The van der Waals surface area contributed by atoms with Crippen molar-refractivity contribution < 1.29 is 20.8 Å². The number of nitrogens with zero attached hydrogens (tertiary/aromatic N) is 2. The Hall–Kier alpha value is -0.330. The van der Waals surface area contributed by atoms with E-state index in [1.807, 2.05) is 24.3 Å². The molecule has 1 aromatic rings. The van der Waals surface area contributed by atoms with E-state index in [2.05, 4.69) is 4.90 Å². The molecule has 7 heteroatoms. The third-order valence-corrected chi connectivity index (χ3v) is 4.63. The molecule has 1 aliphatic rings. The molecule has 0 spiro atoms. The molecule has 1 fully saturated rings. The summed E-state index contributed by atoms with van der Waals surface area (Å²) in [6, 6.07) is 7.77. The van der Waals surface area contributed by atoms with E-state index in [4.69, 9.17) is 11.6 Å². The number of benzene rings is 1. The standard InChI is InChI=1S/C12H17ClN2O2S.ClH/c1-18(16,17)15-7-5-14(6-8-15)10-11-3-2-4-12(13)9-11;/h2-4,9H,5-8,10H2,1H3;1H/p-1. The van der Waals surface area contributed by atoms with Crippen LogP contribution in [0, 0.1) is 0 Å². The van der Waals surface area contributed by atoms with Crippen molar-refractivity contribution in [3.63, 3.8) is 0 Å². The van der Waals surface area contributed by atoms with Crippen LogP contribution in [0.2, 0.25) is 5.02 Å². The Morgan fingerprint density at radius 2 is 1.84 bits per heavy atom. The molecule has 19 heavy (non-hydrogen) atoms. The highest BCUT2D eigenvalue weighted by Crippen LogP contribution is 2.14. The van der Waals surface area contributed by atoms with Crippen molar-refractivity contribution in [2.24, 2.45) is 0 Å². The number of hydrogen-bond donors (Lipinski definition) is 0. The van der Waals surface area contributed by atoms with Crippen LogP contribution in [-0.2, 0) is 16.6 Å². The van der Waals surface area contributed by atoms with Crippen LogP contribution in [0.3, 0.4) is 0 Å². The molecule has 0 bridgehead atoms. The van der Waals surface area contributed by atoms with Gasteiger partial charge in [-0.2, -0.15) is 4.31 Å². The zero-order valence-electron chi connectivity index (χ0n) is 10.7. The zero-order chi connectivity index (χ0) is 13.2. The lowest BCUT2D eigenvalue weighted by molar-refractivity contribution is -0.00000643. The van der Waals surface area contributed by atoms with E-state index < -0.39 is 10.0 Å². The van der Waals surface area contributed by atoms with Crippen LogP contribution >= 0.6 is 11.6 Å². The second-order valence-electron chi connectivity index (χ2n) is 4.57. The van der Waals surface area contributed by atoms with E-state index in [9.17, 15) is 8.42 Å². The van der Waals surface area contributed by atoms with Crippen LogP contribution in [0.5, 0.6) is 0 Å². The fourth-order valence-corrected chi connectivity index (χ4v) is 3.15. The second-order valence-corrected chi connectivity index (χ2v) is 6.99. The lowest BCUT2D eigenvalue weighted by atomic mass is 10.2. The molecule has 0 amide bonds. The topological polar surface area (TPSA) is 40.6 Å². The summed E-state index contributed by atoms with van der Waals surface area (Å²) in [5.74, 6) is 0. The third kappa shape index (κ3) is 4.93. The molecule has 0 aliphatic carbocycles. The minimum absolute atomic E-state index is 0. The SMILES string of the molecule is CS(=O)(=O)N1CCN(Cc2cccc(Cl)c2)CC1.[Cl-]. The van der Waals surface area contributed by atoms with Gasteiger partial charge in [0, 0.05) is 37.7 Å². The normalized spacial score (nSPS) is 18.0. The maximum Gasteiger partial charge on any atom is 0.211 e. The molecule has 0 radical (unpaired) electrons. The lowest BCUT2D eigenvalue weighted by Crippen LogP contribution is -3.00. The Morgan fingerprint density at radius 3 is 2.37 bits per heavy atom. The largest absolute Gasteiger partial charge is 1.00 e. The molecule has 1 heterocycles. The quantitative estimate of drug-likeness (QED) is 0.674. The van der Waals surface area contributed by atoms with Gasteiger partial charge in [-0.05, 0) is 17.7 Å². The summed E-state index contributed by atoms with van der Waals surface area (Å²) in [6.45, 7) is 3.48. The molecule has 0 N–H and O–H groups in total. The van der Waals surface area contributed by atoms with Crippen molar-refractivity contribution in [3.8, 4) is 0 Å². The van der Waals surface area contributed by atoms with Gasteiger partial charge in [-0.1, -0.05) is 23.7 Å². The Morgan fingerprint density at radius 1 is 1.21 bits per heavy atom. The van der Waals surface area contributed by atoms with E-state index in [0.717, 1.165) is 30.2 Å². The first-order valence-electron chi connectivity index (χ1n) is 5.87. The zero-order valence-corrected chi connectivity index (χ0v) is 13.0. The van der Waals surface area contributed by atoms with E-state index >= 15 is 0 Å². The highest BCUT2D eigenvalue weighted by atomic mass is 35.5. The fraction of sp³-hybridized carbons (Fsp3) is 0.500. The summed E-state index contributed by atoms with van der Waals surface area (Å²) in [4.78, 5) is 2.24. The number of halogens is 2. The van der Waals surface area contributed by atoms with Crippen LogP contribution in [-0.4, -0.2) is 50.1 Å². The number of piperazine rings is 1. The molecule has 1 saturated heterocycles. The van der Waals surface area contributed by atoms with Gasteiger partial charge in [0.1, 0.15) is 0 Å². The number of sulfonamides is 1. The van der Waals surface area contributed by atoms with Crippen molar-refractivity contribution in [3.05, 3.63) is 34.9 Å². The molecule has 0 unspecified atom stereocenters. The van der Waals surface area contributed by atoms with E-state index in [-0.39, 0.29) is 12.4 Å². The molecule has 0 aromatic heterocycles. The first-order valence-corrected chi connectivity index (χ1v) is 8.10. The van der Waals surface area contributed by atoms with E-state index in [1.165, 1.54) is 10.6 Å². The first-order chi connectivity index (χ1) is 8.45. The average molecular weight is 324 g/mol. The molecule has 1 aliphatic heterocycles. The van der Waals surface area contributed by atoms with Crippen molar-refractivity contribution in [2.45, 2.75) is 6.54 Å². The van der Waals surface area contributed by atoms with E-state index in [1.54, 1.807) is 0 Å². The number of hydrogen-bond acceptors (Lipinski definition) is 3. The first kappa shape index (κ1) is 16.7. The van der Waals surface area contributed by atoms with Crippen molar-refractivity contribution in [2.75, 3.05) is 32.4 Å². The monoisotopic (exact) mass is 323 g/mol. The molecule has 0 atom stereocenters. The summed E-state index contributed by atoms with van der Waals surface area (Å²) >= 11 is 5.94. The highest BCUT2D eigenvalue weighted by Gasteiger charge is 2.23. The predicted octanol–water partition coefficient (Wildman–Crippen LogP) is -1.58. The summed E-state index contributed by atoms with van der Waals surface area (Å²) in [7, 11) is -3.04. The van der Waals surface area contributed by atoms with Gasteiger partial charge in [0.25, 0.3) is 0 Å². The smallest absolute Gasteiger partial charge is 0.211 e. The molecular weight excluding hydrogens is 307 g/mol. The average Bonchev–Trinajstić information content (AvgIpc) is 2.28. The van der Waals surface area contributed by atoms with Crippen LogP contribution in [0.25, 0.3) is 0 Å². The van der Waals surface area contributed by atoms with Crippen molar-refractivity contribution in [1.82, 2.24) is 9.21 Å². The molecule has 1 aromatic carbocycles. The summed E-state index contributed by atoms with van der Waals surface area (Å²) in [5.41, 5.74) is 1.16. The Bertz CT molecular complexity index is 514. The van der Waals surface area contributed by atoms with Crippen LogP contribution in [0.1, 0.15) is 5.56 Å². The van der Waals surface area contributed by atoms with Gasteiger partial charge in [0.05, 0.1) is 6.26 Å². The number of rotatable bonds is 3. The van der Waals surface area contributed by atoms with Crippen LogP contribution in [0.15, 0.2) is 24.3 Å². The van der Waals surface area contributed by atoms with Crippen LogP contribution < -0.4 is 12.4 Å². The van der Waals surface area contributed by atoms with Gasteiger partial charge in [-0.15, -0.1) is 0 Å². The van der Waals surface area contributed by atoms with Gasteiger partial charge < -0.3 is 12.4 Å². The van der Waals surface area contributed by atoms with Gasteiger partial charge in [-0.3, -0.25) is 4.90 Å². The van der Waals surface area contributed by atoms with Gasteiger partial charge in [-0.25, -0.2) is 8.42 Å². The molecule has 2 rings (SSSR count). The van der Waals surface area contributed by atoms with E-state index in [0.29, 0.717) is 13.1 Å².